The van der Waals surface area contributed by atoms with E-state index >= 15 is 0 Å². The Kier molecular flexibility index (Phi) is 5.40. The molecule has 4 heteroatoms. The van der Waals surface area contributed by atoms with Crippen LogP contribution < -0.4 is 5.32 Å². The van der Waals surface area contributed by atoms with Gasteiger partial charge in [0, 0.05) is 25.8 Å². The molecule has 0 aliphatic carbocycles. The van der Waals surface area contributed by atoms with Crippen LogP contribution in [0.1, 0.15) is 32.3 Å². The Morgan fingerprint density at radius 1 is 1.37 bits per heavy atom. The number of rotatable bonds is 6. The van der Waals surface area contributed by atoms with Crippen molar-refractivity contribution < 1.29 is 0 Å². The molecule has 1 N–H and O–H groups in total. The lowest BCUT2D eigenvalue weighted by Crippen LogP contribution is -2.39. The van der Waals surface area contributed by atoms with Crippen molar-refractivity contribution in [1.82, 2.24) is 20.0 Å². The number of hydrogen-bond acceptors (Lipinski definition) is 3. The fourth-order valence-electron chi connectivity index (χ4n) is 2.70. The van der Waals surface area contributed by atoms with Crippen molar-refractivity contribution in [2.24, 2.45) is 13.0 Å². The van der Waals surface area contributed by atoms with Crippen LogP contribution in [0.4, 0.5) is 0 Å². The van der Waals surface area contributed by atoms with Crippen LogP contribution in [-0.4, -0.2) is 46.9 Å². The molecule has 1 aromatic rings. The van der Waals surface area contributed by atoms with Gasteiger partial charge in [-0.15, -0.1) is 0 Å². The van der Waals surface area contributed by atoms with Gasteiger partial charge in [-0.25, -0.2) is 0 Å². The van der Waals surface area contributed by atoms with Crippen LogP contribution in [0.3, 0.4) is 0 Å². The number of aryl methyl sites for hydroxylation is 1. The van der Waals surface area contributed by atoms with E-state index in [1.807, 2.05) is 17.9 Å². The standard InChI is InChI=1S/C15H28N4/c1-13(2)16-10-14-4-7-19(8-5-14)9-6-15-11-17-18(3)12-15/h11-14,16H,4-10H2,1-3H3. The molecule has 0 aromatic carbocycles. The normalized spacial score (nSPS) is 18.3. The maximum atomic E-state index is 4.22. The minimum atomic E-state index is 0.614. The molecule has 2 rings (SSSR count). The highest BCUT2D eigenvalue weighted by atomic mass is 15.2. The maximum absolute atomic E-state index is 4.22. The predicted molar refractivity (Wildman–Crippen MR) is 79.2 cm³/mol. The molecule has 108 valence electrons. The average molecular weight is 264 g/mol. The summed E-state index contributed by atoms with van der Waals surface area (Å²) in [6, 6.07) is 0.614. The van der Waals surface area contributed by atoms with E-state index in [1.54, 1.807) is 0 Å². The van der Waals surface area contributed by atoms with Crippen LogP contribution in [0.25, 0.3) is 0 Å². The molecule has 1 saturated heterocycles. The van der Waals surface area contributed by atoms with Crippen molar-refractivity contribution in [3.8, 4) is 0 Å². The number of nitrogens with one attached hydrogen (secondary N) is 1. The Hall–Kier alpha value is -0.870. The summed E-state index contributed by atoms with van der Waals surface area (Å²) >= 11 is 0. The van der Waals surface area contributed by atoms with Gasteiger partial charge in [-0.05, 0) is 50.4 Å². The zero-order valence-corrected chi connectivity index (χ0v) is 12.6. The summed E-state index contributed by atoms with van der Waals surface area (Å²) in [4.78, 5) is 2.60. The SMILES string of the molecule is CC(C)NCC1CCN(CCc2cnn(C)c2)CC1. The Labute approximate surface area is 117 Å². The quantitative estimate of drug-likeness (QED) is 0.848. The first kappa shape index (κ1) is 14.5. The fourth-order valence-corrected chi connectivity index (χ4v) is 2.70. The molecule has 0 amide bonds. The van der Waals surface area contributed by atoms with Crippen molar-refractivity contribution >= 4 is 0 Å². The number of likely N-dealkylation sites (tertiary alicyclic amines) is 1. The Bertz CT molecular complexity index is 364. The van der Waals surface area contributed by atoms with E-state index in [0.717, 1.165) is 12.3 Å². The highest BCUT2D eigenvalue weighted by Gasteiger charge is 2.18. The third kappa shape index (κ3) is 4.96. The molecule has 2 heterocycles. The van der Waals surface area contributed by atoms with Gasteiger partial charge in [-0.1, -0.05) is 13.8 Å². The summed E-state index contributed by atoms with van der Waals surface area (Å²) in [6.45, 7) is 9.32. The van der Waals surface area contributed by atoms with Gasteiger partial charge >= 0.3 is 0 Å². The molecule has 1 aromatic heterocycles. The second-order valence-corrected chi connectivity index (χ2v) is 6.12. The summed E-state index contributed by atoms with van der Waals surface area (Å²) in [7, 11) is 1.98. The Balaban J connectivity index is 1.63. The Morgan fingerprint density at radius 3 is 2.68 bits per heavy atom. The summed E-state index contributed by atoms with van der Waals surface area (Å²) in [6.07, 6.45) is 7.92. The van der Waals surface area contributed by atoms with Crippen molar-refractivity contribution in [3.63, 3.8) is 0 Å². The van der Waals surface area contributed by atoms with E-state index in [4.69, 9.17) is 0 Å². The third-order valence-electron chi connectivity index (χ3n) is 4.00. The zero-order valence-electron chi connectivity index (χ0n) is 12.6. The fraction of sp³-hybridized carbons (Fsp3) is 0.800. The highest BCUT2D eigenvalue weighted by Crippen LogP contribution is 2.16. The lowest BCUT2D eigenvalue weighted by atomic mass is 9.96. The van der Waals surface area contributed by atoms with Gasteiger partial charge in [0.25, 0.3) is 0 Å². The van der Waals surface area contributed by atoms with Gasteiger partial charge in [-0.2, -0.15) is 5.10 Å². The second kappa shape index (κ2) is 7.06. The van der Waals surface area contributed by atoms with Crippen molar-refractivity contribution in [2.45, 2.75) is 39.2 Å². The molecule has 1 aliphatic rings. The van der Waals surface area contributed by atoms with Crippen LogP contribution >= 0.6 is 0 Å². The van der Waals surface area contributed by atoms with Gasteiger partial charge in [0.05, 0.1) is 6.20 Å². The largest absolute Gasteiger partial charge is 0.314 e. The molecule has 4 nitrogen and oxygen atoms in total. The summed E-state index contributed by atoms with van der Waals surface area (Å²) in [5, 5.41) is 7.78. The lowest BCUT2D eigenvalue weighted by molar-refractivity contribution is 0.182. The van der Waals surface area contributed by atoms with Gasteiger partial charge in [-0.3, -0.25) is 4.68 Å². The number of nitrogens with zero attached hydrogens (tertiary/aromatic N) is 3. The number of hydrogen-bond donors (Lipinski definition) is 1. The van der Waals surface area contributed by atoms with E-state index in [2.05, 4.69) is 35.4 Å². The lowest BCUT2D eigenvalue weighted by Gasteiger charge is -2.32. The first-order valence-electron chi connectivity index (χ1n) is 7.56. The minimum Gasteiger partial charge on any atom is -0.314 e. The zero-order chi connectivity index (χ0) is 13.7. The Morgan fingerprint density at radius 2 is 2.11 bits per heavy atom. The molecule has 1 fully saturated rings. The van der Waals surface area contributed by atoms with Gasteiger partial charge in [0.2, 0.25) is 0 Å². The third-order valence-corrected chi connectivity index (χ3v) is 4.00. The molecular formula is C15H28N4. The molecule has 19 heavy (non-hydrogen) atoms. The second-order valence-electron chi connectivity index (χ2n) is 6.12. The highest BCUT2D eigenvalue weighted by molar-refractivity contribution is 5.04. The van der Waals surface area contributed by atoms with Crippen LogP contribution in [0.5, 0.6) is 0 Å². The monoisotopic (exact) mass is 264 g/mol. The van der Waals surface area contributed by atoms with Crippen LogP contribution in [0.2, 0.25) is 0 Å². The summed E-state index contributed by atoms with van der Waals surface area (Å²) in [5.41, 5.74) is 1.35. The topological polar surface area (TPSA) is 33.1 Å². The molecule has 0 unspecified atom stereocenters. The van der Waals surface area contributed by atoms with Crippen molar-refractivity contribution in [3.05, 3.63) is 18.0 Å². The summed E-state index contributed by atoms with van der Waals surface area (Å²) < 4.78 is 1.89. The van der Waals surface area contributed by atoms with Crippen LogP contribution in [0, 0.1) is 5.92 Å². The van der Waals surface area contributed by atoms with E-state index in [9.17, 15) is 0 Å². The first-order chi connectivity index (χ1) is 9.13. The number of piperidine rings is 1. The molecule has 0 atom stereocenters. The molecule has 1 aliphatic heterocycles. The van der Waals surface area contributed by atoms with E-state index in [-0.39, 0.29) is 0 Å². The van der Waals surface area contributed by atoms with E-state index in [1.165, 1.54) is 44.6 Å². The average Bonchev–Trinajstić information content (AvgIpc) is 2.81. The van der Waals surface area contributed by atoms with Gasteiger partial charge in [0.1, 0.15) is 0 Å². The summed E-state index contributed by atoms with van der Waals surface area (Å²) in [5.74, 6) is 0.872. The van der Waals surface area contributed by atoms with E-state index < -0.39 is 0 Å². The van der Waals surface area contributed by atoms with Crippen LogP contribution in [0.15, 0.2) is 12.4 Å². The smallest absolute Gasteiger partial charge is 0.0522 e. The van der Waals surface area contributed by atoms with E-state index in [0.29, 0.717) is 6.04 Å². The minimum absolute atomic E-state index is 0.614. The van der Waals surface area contributed by atoms with Crippen molar-refractivity contribution in [2.75, 3.05) is 26.2 Å². The van der Waals surface area contributed by atoms with Gasteiger partial charge < -0.3 is 10.2 Å². The molecule has 0 bridgehead atoms. The van der Waals surface area contributed by atoms with Crippen molar-refractivity contribution in [1.29, 1.82) is 0 Å². The van der Waals surface area contributed by atoms with Gasteiger partial charge in [0.15, 0.2) is 0 Å². The number of aromatic nitrogens is 2. The molecular weight excluding hydrogens is 236 g/mol. The molecule has 0 radical (unpaired) electrons. The predicted octanol–water partition coefficient (Wildman–Crippen LogP) is 1.67. The maximum Gasteiger partial charge on any atom is 0.0522 e. The molecule has 0 saturated carbocycles. The molecule has 0 spiro atoms. The first-order valence-corrected chi connectivity index (χ1v) is 7.56. The van der Waals surface area contributed by atoms with Crippen LogP contribution in [-0.2, 0) is 13.5 Å².